The summed E-state index contributed by atoms with van der Waals surface area (Å²) in [6.07, 6.45) is 5.85. The van der Waals surface area contributed by atoms with Gasteiger partial charge in [-0.2, -0.15) is 0 Å². The maximum absolute atomic E-state index is 12.9. The van der Waals surface area contributed by atoms with Crippen molar-refractivity contribution in [1.29, 1.82) is 0 Å². The molecule has 1 atom stereocenters. The third-order valence-electron chi connectivity index (χ3n) is 6.79. The van der Waals surface area contributed by atoms with Crippen LogP contribution in [-0.2, 0) is 18.6 Å². The number of nitrogens with one attached hydrogen (secondary N) is 2. The quantitative estimate of drug-likeness (QED) is 0.628. The zero-order chi connectivity index (χ0) is 21.3. The van der Waals surface area contributed by atoms with Crippen molar-refractivity contribution in [2.45, 2.75) is 84.5 Å². The van der Waals surface area contributed by atoms with Gasteiger partial charge in [-0.25, -0.2) is 4.68 Å². The average molecular weight is 410 g/mol. The summed E-state index contributed by atoms with van der Waals surface area (Å²) >= 11 is 0. The average Bonchev–Trinajstić information content (AvgIpc) is 3.40. The Hall–Kier alpha value is -2.54. The van der Waals surface area contributed by atoms with Crippen LogP contribution >= 0.6 is 0 Å². The first-order valence-electron chi connectivity index (χ1n) is 11.1. The maximum atomic E-state index is 12.9. The van der Waals surface area contributed by atoms with Crippen molar-refractivity contribution in [2.75, 3.05) is 0 Å². The molecule has 2 N–H and O–H groups in total. The number of aromatic amines is 1. The molecule has 7 nitrogen and oxygen atoms in total. The Morgan fingerprint density at radius 2 is 1.97 bits per heavy atom. The first-order valence-corrected chi connectivity index (χ1v) is 11.1. The van der Waals surface area contributed by atoms with E-state index in [1.54, 1.807) is 0 Å². The smallest absolute Gasteiger partial charge is 0.257 e. The summed E-state index contributed by atoms with van der Waals surface area (Å²) in [5.41, 5.74) is 2.77. The first-order chi connectivity index (χ1) is 14.4. The maximum Gasteiger partial charge on any atom is 0.257 e. The Balaban J connectivity index is 1.65. The normalized spacial score (nSPS) is 16.4. The highest BCUT2D eigenvalue weighted by atomic mass is 16.1. The summed E-state index contributed by atoms with van der Waals surface area (Å²) in [5, 5.41) is 13.7. The van der Waals surface area contributed by atoms with Crippen LogP contribution in [0.25, 0.3) is 10.9 Å². The number of fused-ring (bicyclic) bond motifs is 1. The first kappa shape index (κ1) is 20.7. The van der Waals surface area contributed by atoms with Crippen LogP contribution in [-0.4, -0.2) is 31.2 Å². The van der Waals surface area contributed by atoms with Crippen molar-refractivity contribution in [3.05, 3.63) is 51.6 Å². The molecule has 0 spiro atoms. The minimum atomic E-state index is -0.127. The number of tetrazole rings is 1. The molecule has 30 heavy (non-hydrogen) atoms. The number of hydrogen-bond acceptors (Lipinski definition) is 4. The molecule has 1 fully saturated rings. The van der Waals surface area contributed by atoms with Crippen LogP contribution in [0.2, 0.25) is 0 Å². The molecule has 1 saturated carbocycles. The summed E-state index contributed by atoms with van der Waals surface area (Å²) in [4.78, 5) is 17.3. The molecule has 0 aliphatic heterocycles. The lowest BCUT2D eigenvalue weighted by Crippen LogP contribution is -3.13. The van der Waals surface area contributed by atoms with Gasteiger partial charge in [-0.1, -0.05) is 19.1 Å². The van der Waals surface area contributed by atoms with Crippen molar-refractivity contribution < 1.29 is 4.90 Å². The molecule has 0 saturated heterocycles. The fraction of sp³-hybridized carbons (Fsp3) is 0.565. The summed E-state index contributed by atoms with van der Waals surface area (Å²) in [6, 6.07) is 8.80. The summed E-state index contributed by atoms with van der Waals surface area (Å²) in [7, 11) is 0. The predicted octanol–water partition coefficient (Wildman–Crippen LogP) is 2.50. The number of aromatic nitrogens is 5. The highest BCUT2D eigenvalue weighted by molar-refractivity contribution is 5.79. The number of benzene rings is 1. The topological polar surface area (TPSA) is 80.9 Å². The third kappa shape index (κ3) is 4.17. The molecule has 3 aromatic rings. The largest absolute Gasteiger partial charge is 0.322 e. The van der Waals surface area contributed by atoms with Gasteiger partial charge in [-0.3, -0.25) is 4.79 Å². The Morgan fingerprint density at radius 1 is 1.20 bits per heavy atom. The molecular formula is C23H33N6O+. The van der Waals surface area contributed by atoms with E-state index < -0.39 is 0 Å². The number of rotatable bonds is 7. The van der Waals surface area contributed by atoms with E-state index in [4.69, 9.17) is 0 Å². The van der Waals surface area contributed by atoms with Crippen LogP contribution < -0.4 is 10.5 Å². The zero-order valence-corrected chi connectivity index (χ0v) is 18.5. The van der Waals surface area contributed by atoms with E-state index in [0.29, 0.717) is 12.6 Å². The van der Waals surface area contributed by atoms with Crippen LogP contribution in [0.1, 0.15) is 69.8 Å². The number of hydrogen-bond donors (Lipinski definition) is 2. The van der Waals surface area contributed by atoms with Gasteiger partial charge in [0.1, 0.15) is 13.1 Å². The lowest BCUT2D eigenvalue weighted by Gasteiger charge is -2.28. The van der Waals surface area contributed by atoms with E-state index in [-0.39, 0.29) is 11.1 Å². The molecule has 1 aliphatic rings. The Bertz CT molecular complexity index is 1080. The lowest BCUT2D eigenvalue weighted by molar-refractivity contribution is -0.952. The second-order valence-corrected chi connectivity index (χ2v) is 9.38. The van der Waals surface area contributed by atoms with Crippen LogP contribution in [0.5, 0.6) is 0 Å². The Kier molecular flexibility index (Phi) is 5.73. The Morgan fingerprint density at radius 3 is 2.70 bits per heavy atom. The van der Waals surface area contributed by atoms with Gasteiger partial charge < -0.3 is 9.88 Å². The van der Waals surface area contributed by atoms with Gasteiger partial charge in [0.25, 0.3) is 5.56 Å². The molecule has 2 heterocycles. The molecule has 1 aliphatic carbocycles. The standard InChI is InChI=1S/C23H32N6O/c1-5-23(3,4)29-21(25-26-27-29)15-28(19-8-6-7-9-19)14-18-13-17-11-10-16(2)12-20(17)24-22(18)30/h10-13,19H,5-9,14-15H2,1-4H3,(H,24,30)/p+1. The second kappa shape index (κ2) is 8.30. The monoisotopic (exact) mass is 409 g/mol. The number of nitrogens with zero attached hydrogens (tertiary/aromatic N) is 4. The zero-order valence-electron chi connectivity index (χ0n) is 18.5. The Labute approximate surface area is 177 Å². The van der Waals surface area contributed by atoms with Gasteiger partial charge in [0, 0.05) is 5.52 Å². The van der Waals surface area contributed by atoms with E-state index in [9.17, 15) is 4.79 Å². The van der Waals surface area contributed by atoms with Gasteiger partial charge in [0.05, 0.1) is 17.1 Å². The molecule has 1 aromatic carbocycles. The number of quaternary nitrogens is 1. The molecule has 1 unspecified atom stereocenters. The minimum Gasteiger partial charge on any atom is -0.322 e. The molecule has 0 amide bonds. The van der Waals surface area contributed by atoms with Gasteiger partial charge >= 0.3 is 0 Å². The number of aryl methyl sites for hydroxylation is 1. The van der Waals surface area contributed by atoms with Crippen molar-refractivity contribution in [3.8, 4) is 0 Å². The fourth-order valence-corrected chi connectivity index (χ4v) is 4.56. The van der Waals surface area contributed by atoms with E-state index in [2.05, 4.69) is 59.5 Å². The molecule has 7 heteroatoms. The van der Waals surface area contributed by atoms with E-state index in [1.807, 2.05) is 17.7 Å². The second-order valence-electron chi connectivity index (χ2n) is 9.38. The van der Waals surface area contributed by atoms with E-state index >= 15 is 0 Å². The molecular weight excluding hydrogens is 376 g/mol. The van der Waals surface area contributed by atoms with Gasteiger partial charge in [0.2, 0.25) is 5.82 Å². The number of pyridine rings is 1. The summed E-state index contributed by atoms with van der Waals surface area (Å²) in [6.45, 7) is 9.94. The van der Waals surface area contributed by atoms with Gasteiger partial charge in [-0.05, 0) is 86.4 Å². The molecule has 0 bridgehead atoms. The summed E-state index contributed by atoms with van der Waals surface area (Å²) in [5.74, 6) is 0.900. The van der Waals surface area contributed by atoms with Crippen molar-refractivity contribution in [1.82, 2.24) is 25.2 Å². The van der Waals surface area contributed by atoms with E-state index in [1.165, 1.54) is 30.6 Å². The molecule has 160 valence electrons. The SMILES string of the molecule is CCC(C)(C)n1nnnc1C[NH+](Cc1cc2ccc(C)cc2[nH]c1=O)C1CCCC1. The van der Waals surface area contributed by atoms with Crippen LogP contribution in [0.3, 0.4) is 0 Å². The van der Waals surface area contributed by atoms with Crippen molar-refractivity contribution in [3.63, 3.8) is 0 Å². The van der Waals surface area contributed by atoms with E-state index in [0.717, 1.165) is 40.8 Å². The molecule has 2 aromatic heterocycles. The van der Waals surface area contributed by atoms with Crippen LogP contribution in [0.15, 0.2) is 29.1 Å². The van der Waals surface area contributed by atoms with Crippen LogP contribution in [0.4, 0.5) is 0 Å². The molecule has 0 radical (unpaired) electrons. The summed E-state index contributed by atoms with van der Waals surface area (Å²) < 4.78 is 1.97. The fourth-order valence-electron chi connectivity index (χ4n) is 4.56. The molecule has 4 rings (SSSR count). The van der Waals surface area contributed by atoms with Gasteiger partial charge in [-0.15, -0.1) is 5.10 Å². The predicted molar refractivity (Wildman–Crippen MR) is 117 cm³/mol. The minimum absolute atomic E-state index is 0.0112. The lowest BCUT2D eigenvalue weighted by atomic mass is 10.0. The highest BCUT2D eigenvalue weighted by Gasteiger charge is 2.31. The highest BCUT2D eigenvalue weighted by Crippen LogP contribution is 2.20. The van der Waals surface area contributed by atoms with Crippen molar-refractivity contribution in [2.24, 2.45) is 0 Å². The third-order valence-corrected chi connectivity index (χ3v) is 6.79. The van der Waals surface area contributed by atoms with Crippen LogP contribution in [0, 0.1) is 6.92 Å². The van der Waals surface area contributed by atoms with Gasteiger partial charge in [0.15, 0.2) is 0 Å². The van der Waals surface area contributed by atoms with Crippen molar-refractivity contribution >= 4 is 10.9 Å². The number of H-pyrrole nitrogens is 1.